The molecule has 0 aliphatic heterocycles. The molecule has 1 aromatic heterocycles. The van der Waals surface area contributed by atoms with E-state index in [0.717, 1.165) is 12.1 Å². The quantitative estimate of drug-likeness (QED) is 0.507. The number of carbonyl (C=O) groups excluding carboxylic acids is 1. The van der Waals surface area contributed by atoms with E-state index >= 15 is 0 Å². The number of furan rings is 1. The molecule has 3 aromatic rings. The maximum absolute atomic E-state index is 13.0. The van der Waals surface area contributed by atoms with Gasteiger partial charge in [0, 0.05) is 5.02 Å². The lowest BCUT2D eigenvalue weighted by molar-refractivity contribution is -0.136. The fourth-order valence-electron chi connectivity index (χ4n) is 2.34. The Hall–Kier alpha value is -2.64. The highest BCUT2D eigenvalue weighted by Crippen LogP contribution is 2.34. The van der Waals surface area contributed by atoms with Gasteiger partial charge >= 0.3 is 6.18 Å². The predicted molar refractivity (Wildman–Crippen MR) is 98.9 cm³/mol. The van der Waals surface area contributed by atoms with Gasteiger partial charge in [-0.3, -0.25) is 4.79 Å². The number of carbonyl (C=O) groups is 1. The van der Waals surface area contributed by atoms with Crippen molar-refractivity contribution in [1.82, 2.24) is 0 Å². The molecule has 0 fully saturated rings. The van der Waals surface area contributed by atoms with Crippen LogP contribution in [0.25, 0.3) is 0 Å². The first-order chi connectivity index (χ1) is 13.2. The van der Waals surface area contributed by atoms with Crippen LogP contribution in [0, 0.1) is 0 Å². The lowest BCUT2D eigenvalue weighted by atomic mass is 10.1. The van der Waals surface area contributed by atoms with Crippen LogP contribution < -0.4 is 10.1 Å². The van der Waals surface area contributed by atoms with E-state index in [1.165, 1.54) is 30.3 Å². The Kier molecular flexibility index (Phi) is 5.86. The molecule has 3 rings (SSSR count). The largest absolute Gasteiger partial charge is 0.484 e. The van der Waals surface area contributed by atoms with E-state index in [4.69, 9.17) is 32.4 Å². The van der Waals surface area contributed by atoms with Crippen LogP contribution in [-0.2, 0) is 12.8 Å². The molecule has 146 valence electrons. The molecule has 9 heteroatoms. The predicted octanol–water partition coefficient (Wildman–Crippen LogP) is 6.44. The van der Waals surface area contributed by atoms with Crippen molar-refractivity contribution in [2.75, 3.05) is 5.32 Å². The number of benzene rings is 2. The zero-order valence-electron chi connectivity index (χ0n) is 14.0. The van der Waals surface area contributed by atoms with E-state index in [9.17, 15) is 18.0 Å². The van der Waals surface area contributed by atoms with Crippen LogP contribution in [0.1, 0.15) is 21.9 Å². The number of rotatable bonds is 5. The number of anilines is 1. The molecule has 0 radical (unpaired) electrons. The van der Waals surface area contributed by atoms with E-state index in [-0.39, 0.29) is 18.1 Å². The first-order valence-electron chi connectivity index (χ1n) is 7.88. The summed E-state index contributed by atoms with van der Waals surface area (Å²) in [6.45, 7) is -0.0340. The van der Waals surface area contributed by atoms with Crippen LogP contribution in [0.4, 0.5) is 18.9 Å². The molecular weight excluding hydrogens is 418 g/mol. The fraction of sp³-hybridized carbons (Fsp3) is 0.105. The molecule has 0 unspecified atom stereocenters. The van der Waals surface area contributed by atoms with Gasteiger partial charge in [0.15, 0.2) is 5.76 Å². The third-order valence-corrected chi connectivity index (χ3v) is 4.16. The summed E-state index contributed by atoms with van der Waals surface area (Å²) in [4.78, 5) is 12.2. The van der Waals surface area contributed by atoms with Crippen LogP contribution in [0.5, 0.6) is 5.75 Å². The Labute approximate surface area is 167 Å². The molecule has 0 atom stereocenters. The minimum Gasteiger partial charge on any atom is -0.484 e. The summed E-state index contributed by atoms with van der Waals surface area (Å²) in [7, 11) is 0. The van der Waals surface area contributed by atoms with Gasteiger partial charge in [0.05, 0.1) is 16.3 Å². The first-order valence-corrected chi connectivity index (χ1v) is 8.64. The van der Waals surface area contributed by atoms with Crippen molar-refractivity contribution in [3.05, 3.63) is 81.7 Å². The molecule has 0 spiro atoms. The molecule has 0 saturated heterocycles. The zero-order chi connectivity index (χ0) is 20.3. The van der Waals surface area contributed by atoms with Crippen molar-refractivity contribution in [3.8, 4) is 5.75 Å². The van der Waals surface area contributed by atoms with Crippen molar-refractivity contribution < 1.29 is 27.1 Å². The molecule has 2 aromatic carbocycles. The molecular formula is C19H12Cl2F3NO3. The second kappa shape index (κ2) is 8.16. The zero-order valence-corrected chi connectivity index (χ0v) is 15.5. The number of para-hydroxylation sites is 1. The van der Waals surface area contributed by atoms with Crippen molar-refractivity contribution in [2.24, 2.45) is 0 Å². The maximum Gasteiger partial charge on any atom is 0.418 e. The molecule has 1 heterocycles. The Bertz CT molecular complexity index is 1000. The number of ether oxygens (including phenoxy) is 1. The lowest BCUT2D eigenvalue weighted by Crippen LogP contribution is -2.16. The average Bonchev–Trinajstić information content (AvgIpc) is 3.10. The summed E-state index contributed by atoms with van der Waals surface area (Å²) >= 11 is 11.8. The van der Waals surface area contributed by atoms with E-state index < -0.39 is 17.6 Å². The highest BCUT2D eigenvalue weighted by molar-refractivity contribution is 6.35. The SMILES string of the molecule is O=C(Nc1ccccc1C(F)(F)F)c1ccc(COc2ccc(Cl)cc2Cl)o1. The normalized spacial score (nSPS) is 11.3. The summed E-state index contributed by atoms with van der Waals surface area (Å²) in [5.74, 6) is -0.307. The molecule has 1 N–H and O–H groups in total. The number of nitrogens with one attached hydrogen (secondary N) is 1. The Morgan fingerprint density at radius 1 is 1.07 bits per heavy atom. The monoisotopic (exact) mass is 429 g/mol. The van der Waals surface area contributed by atoms with Gasteiger partial charge in [0.25, 0.3) is 5.91 Å². The van der Waals surface area contributed by atoms with E-state index in [1.807, 2.05) is 0 Å². The van der Waals surface area contributed by atoms with Crippen molar-refractivity contribution in [3.63, 3.8) is 0 Å². The van der Waals surface area contributed by atoms with Crippen LogP contribution >= 0.6 is 23.2 Å². The highest BCUT2D eigenvalue weighted by Gasteiger charge is 2.33. The number of alkyl halides is 3. The number of halogens is 5. The molecule has 0 aliphatic carbocycles. The standard InChI is InChI=1S/C19H12Cl2F3NO3/c20-11-5-7-16(14(21)9-11)27-10-12-6-8-17(28-12)18(26)25-15-4-2-1-3-13(15)19(22,23)24/h1-9H,10H2,(H,25,26). The van der Waals surface area contributed by atoms with Crippen LogP contribution in [0.2, 0.25) is 10.0 Å². The first kappa shape index (κ1) is 20.1. The molecule has 4 nitrogen and oxygen atoms in total. The van der Waals surface area contributed by atoms with Crippen molar-refractivity contribution in [1.29, 1.82) is 0 Å². The minimum absolute atomic E-state index is 0.0340. The third kappa shape index (κ3) is 4.79. The van der Waals surface area contributed by atoms with Gasteiger partial charge in [-0.2, -0.15) is 13.2 Å². The molecule has 0 aliphatic rings. The van der Waals surface area contributed by atoms with Crippen LogP contribution in [0.15, 0.2) is 59.0 Å². The molecule has 0 bridgehead atoms. The second-order valence-electron chi connectivity index (χ2n) is 5.63. The maximum atomic E-state index is 13.0. The minimum atomic E-state index is -4.59. The highest BCUT2D eigenvalue weighted by atomic mass is 35.5. The van der Waals surface area contributed by atoms with Gasteiger partial charge in [-0.25, -0.2) is 0 Å². The summed E-state index contributed by atoms with van der Waals surface area (Å²) < 4.78 is 49.9. The molecule has 28 heavy (non-hydrogen) atoms. The Balaban J connectivity index is 1.68. The van der Waals surface area contributed by atoms with Crippen LogP contribution in [0.3, 0.4) is 0 Å². The third-order valence-electron chi connectivity index (χ3n) is 3.63. The van der Waals surface area contributed by atoms with Gasteiger partial charge in [0.2, 0.25) is 0 Å². The number of hydrogen-bond donors (Lipinski definition) is 1. The van der Waals surface area contributed by atoms with Gasteiger partial charge in [-0.05, 0) is 42.5 Å². The molecule has 0 saturated carbocycles. The van der Waals surface area contributed by atoms with Crippen molar-refractivity contribution >= 4 is 34.8 Å². The summed E-state index contributed by atoms with van der Waals surface area (Å²) in [6, 6.07) is 12.2. The topological polar surface area (TPSA) is 51.5 Å². The van der Waals surface area contributed by atoms with Gasteiger partial charge in [-0.15, -0.1) is 0 Å². The summed E-state index contributed by atoms with van der Waals surface area (Å²) in [5, 5.41) is 2.97. The van der Waals surface area contributed by atoms with Crippen LogP contribution in [-0.4, -0.2) is 5.91 Å². The summed E-state index contributed by atoms with van der Waals surface area (Å²) in [5.41, 5.74) is -1.31. The van der Waals surface area contributed by atoms with Gasteiger partial charge in [0.1, 0.15) is 18.1 Å². The lowest BCUT2D eigenvalue weighted by Gasteiger charge is -2.12. The number of amides is 1. The smallest absolute Gasteiger partial charge is 0.418 e. The van der Waals surface area contributed by atoms with E-state index in [1.54, 1.807) is 12.1 Å². The van der Waals surface area contributed by atoms with Gasteiger partial charge in [-0.1, -0.05) is 35.3 Å². The van der Waals surface area contributed by atoms with E-state index in [0.29, 0.717) is 21.6 Å². The fourth-order valence-corrected chi connectivity index (χ4v) is 2.80. The second-order valence-corrected chi connectivity index (χ2v) is 6.47. The van der Waals surface area contributed by atoms with Crippen molar-refractivity contribution in [2.45, 2.75) is 12.8 Å². The van der Waals surface area contributed by atoms with E-state index in [2.05, 4.69) is 5.32 Å². The average molecular weight is 430 g/mol. The molecule has 1 amide bonds. The Morgan fingerprint density at radius 3 is 2.54 bits per heavy atom. The number of hydrogen-bond acceptors (Lipinski definition) is 3. The Morgan fingerprint density at radius 2 is 1.82 bits per heavy atom. The van der Waals surface area contributed by atoms with Gasteiger partial charge < -0.3 is 14.5 Å². The summed E-state index contributed by atoms with van der Waals surface area (Å²) in [6.07, 6.45) is -4.59.